The molecule has 1 aliphatic heterocycles. The lowest BCUT2D eigenvalue weighted by Gasteiger charge is -2.30. The fourth-order valence-electron chi connectivity index (χ4n) is 3.30. The molecule has 1 saturated heterocycles. The van der Waals surface area contributed by atoms with E-state index in [1.807, 2.05) is 30.3 Å². The van der Waals surface area contributed by atoms with Gasteiger partial charge in [-0.05, 0) is 29.7 Å². The van der Waals surface area contributed by atoms with E-state index >= 15 is 0 Å². The molecule has 0 unspecified atom stereocenters. The molecule has 2 aromatic rings. The molecule has 5 nitrogen and oxygen atoms in total. The normalized spacial score (nSPS) is 18.4. The zero-order valence-electron chi connectivity index (χ0n) is 14.8. The van der Waals surface area contributed by atoms with Crippen molar-refractivity contribution in [2.75, 3.05) is 19.6 Å². The van der Waals surface area contributed by atoms with Crippen LogP contribution >= 0.6 is 23.2 Å². The van der Waals surface area contributed by atoms with Gasteiger partial charge in [0.05, 0.1) is 28.6 Å². The highest BCUT2D eigenvalue weighted by Crippen LogP contribution is 2.26. The smallest absolute Gasteiger partial charge is 0.250 e. The van der Waals surface area contributed by atoms with Crippen LogP contribution in [0, 0.1) is 0 Å². The topological polar surface area (TPSA) is 64.0 Å². The Bertz CT molecular complexity index is 788. The first-order valence-corrected chi connectivity index (χ1v) is 9.60. The zero-order chi connectivity index (χ0) is 19.4. The molecule has 0 saturated carbocycles. The Labute approximate surface area is 168 Å². The maximum Gasteiger partial charge on any atom is 0.250 e. The van der Waals surface area contributed by atoms with Crippen LogP contribution < -0.4 is 0 Å². The third kappa shape index (κ3) is 5.21. The fourth-order valence-corrected chi connectivity index (χ4v) is 3.62. The van der Waals surface area contributed by atoms with Gasteiger partial charge in [0.2, 0.25) is 0 Å². The number of carbonyl (C=O) groups is 1. The summed E-state index contributed by atoms with van der Waals surface area (Å²) in [5.74, 6) is -0.429. The van der Waals surface area contributed by atoms with Crippen molar-refractivity contribution in [3.63, 3.8) is 0 Å². The summed E-state index contributed by atoms with van der Waals surface area (Å²) in [6.45, 7) is 1.72. The lowest BCUT2D eigenvalue weighted by Crippen LogP contribution is -2.40. The number of nitrogens with zero attached hydrogens (tertiary/aromatic N) is 2. The number of hydroxylamine groups is 2. The van der Waals surface area contributed by atoms with E-state index in [9.17, 15) is 15.1 Å². The summed E-state index contributed by atoms with van der Waals surface area (Å²) in [5.41, 5.74) is 1.51. The molecule has 144 valence electrons. The average Bonchev–Trinajstić information content (AvgIpc) is 3.08. The molecule has 2 aromatic carbocycles. The molecular formula is C20H22Cl2N2O3. The summed E-state index contributed by atoms with van der Waals surface area (Å²) >= 11 is 11.9. The summed E-state index contributed by atoms with van der Waals surface area (Å²) in [6, 6.07) is 13.9. The predicted molar refractivity (Wildman–Crippen MR) is 105 cm³/mol. The van der Waals surface area contributed by atoms with Gasteiger partial charge in [0.1, 0.15) is 0 Å². The molecule has 2 N–H and O–H groups in total. The van der Waals surface area contributed by atoms with Crippen molar-refractivity contribution in [1.82, 2.24) is 9.96 Å². The number of amides is 1. The monoisotopic (exact) mass is 408 g/mol. The van der Waals surface area contributed by atoms with Gasteiger partial charge in [0, 0.05) is 19.6 Å². The summed E-state index contributed by atoms with van der Waals surface area (Å²) in [4.78, 5) is 14.7. The minimum atomic E-state index is -0.522. The SMILES string of the molecule is O=C(Cc1ccc(Cl)c(Cl)c1)N(O)[C@H](CN1CC[C@H](O)C1)c1ccccc1. The Morgan fingerprint density at radius 3 is 2.56 bits per heavy atom. The second-order valence-corrected chi connectivity index (χ2v) is 7.61. The van der Waals surface area contributed by atoms with Crippen LogP contribution in [-0.2, 0) is 11.2 Å². The molecule has 2 atom stereocenters. The van der Waals surface area contributed by atoms with E-state index in [0.717, 1.165) is 17.2 Å². The van der Waals surface area contributed by atoms with Gasteiger partial charge in [0.25, 0.3) is 5.91 Å². The quantitative estimate of drug-likeness (QED) is 0.566. The molecule has 7 heteroatoms. The molecule has 1 fully saturated rings. The summed E-state index contributed by atoms with van der Waals surface area (Å²) in [6.07, 6.45) is 0.351. The second-order valence-electron chi connectivity index (χ2n) is 6.79. The Kier molecular flexibility index (Phi) is 6.73. The van der Waals surface area contributed by atoms with Crippen LogP contribution in [-0.4, -0.2) is 51.9 Å². The lowest BCUT2D eigenvalue weighted by atomic mass is 10.0. The van der Waals surface area contributed by atoms with E-state index < -0.39 is 11.9 Å². The molecule has 3 rings (SSSR count). The molecule has 1 amide bonds. The van der Waals surface area contributed by atoms with E-state index in [1.165, 1.54) is 0 Å². The first kappa shape index (κ1) is 20.1. The largest absolute Gasteiger partial charge is 0.392 e. The van der Waals surface area contributed by atoms with E-state index in [0.29, 0.717) is 35.1 Å². The summed E-state index contributed by atoms with van der Waals surface area (Å²) in [7, 11) is 0. The molecule has 0 spiro atoms. The lowest BCUT2D eigenvalue weighted by molar-refractivity contribution is -0.177. The number of hydrogen-bond donors (Lipinski definition) is 2. The highest BCUT2D eigenvalue weighted by molar-refractivity contribution is 6.42. The van der Waals surface area contributed by atoms with E-state index in [4.69, 9.17) is 23.2 Å². The number of benzene rings is 2. The van der Waals surface area contributed by atoms with Crippen LogP contribution in [0.15, 0.2) is 48.5 Å². The molecule has 0 aliphatic carbocycles. The van der Waals surface area contributed by atoms with Gasteiger partial charge in [0.15, 0.2) is 0 Å². The highest BCUT2D eigenvalue weighted by atomic mass is 35.5. The molecule has 1 aliphatic rings. The van der Waals surface area contributed by atoms with Crippen molar-refractivity contribution < 1.29 is 15.1 Å². The van der Waals surface area contributed by atoms with Crippen molar-refractivity contribution in [1.29, 1.82) is 0 Å². The maximum atomic E-state index is 12.7. The van der Waals surface area contributed by atoms with Gasteiger partial charge in [-0.1, -0.05) is 59.6 Å². The Morgan fingerprint density at radius 1 is 1.19 bits per heavy atom. The number of aliphatic hydroxyl groups excluding tert-OH is 1. The fraction of sp³-hybridized carbons (Fsp3) is 0.350. The van der Waals surface area contributed by atoms with Crippen LogP contribution in [0.2, 0.25) is 10.0 Å². The van der Waals surface area contributed by atoms with Crippen molar-refractivity contribution in [3.8, 4) is 0 Å². The van der Waals surface area contributed by atoms with Gasteiger partial charge in [-0.15, -0.1) is 0 Å². The number of halogens is 2. The second kappa shape index (κ2) is 9.04. The Hall–Kier alpha value is -1.63. The first-order chi connectivity index (χ1) is 12.9. The third-order valence-corrected chi connectivity index (χ3v) is 5.49. The minimum Gasteiger partial charge on any atom is -0.392 e. The van der Waals surface area contributed by atoms with E-state index in [-0.39, 0.29) is 12.5 Å². The Morgan fingerprint density at radius 2 is 1.93 bits per heavy atom. The van der Waals surface area contributed by atoms with Gasteiger partial charge in [-0.3, -0.25) is 14.9 Å². The van der Waals surface area contributed by atoms with Gasteiger partial charge >= 0.3 is 0 Å². The summed E-state index contributed by atoms with van der Waals surface area (Å²) in [5, 5.41) is 22.0. The molecule has 1 heterocycles. The predicted octanol–water partition coefficient (Wildman–Crippen LogP) is 3.56. The standard InChI is InChI=1S/C20H22Cl2N2O3/c21-17-7-6-14(10-18(17)22)11-20(26)24(27)19(15-4-2-1-3-5-15)13-23-9-8-16(25)12-23/h1-7,10,16,19,25,27H,8-9,11-13H2/t16-,19+/m0/s1. The number of likely N-dealkylation sites (tertiary alicyclic amines) is 1. The number of β-amino-alcohol motifs (C(OH)–C–C–N with tert-alkyl or cyclic N) is 1. The van der Waals surface area contributed by atoms with Crippen molar-refractivity contribution in [2.45, 2.75) is 25.0 Å². The van der Waals surface area contributed by atoms with Crippen LogP contribution in [0.1, 0.15) is 23.6 Å². The number of carbonyl (C=O) groups excluding carboxylic acids is 1. The van der Waals surface area contributed by atoms with E-state index in [2.05, 4.69) is 4.90 Å². The van der Waals surface area contributed by atoms with Crippen LogP contribution in [0.4, 0.5) is 0 Å². The summed E-state index contributed by atoms with van der Waals surface area (Å²) < 4.78 is 0. The average molecular weight is 409 g/mol. The molecular weight excluding hydrogens is 387 g/mol. The molecule has 0 aromatic heterocycles. The van der Waals surface area contributed by atoms with E-state index in [1.54, 1.807) is 18.2 Å². The first-order valence-electron chi connectivity index (χ1n) is 8.84. The number of aliphatic hydroxyl groups is 1. The molecule has 0 radical (unpaired) electrons. The number of rotatable bonds is 6. The van der Waals surface area contributed by atoms with Crippen molar-refractivity contribution in [2.24, 2.45) is 0 Å². The van der Waals surface area contributed by atoms with Crippen molar-refractivity contribution >= 4 is 29.1 Å². The van der Waals surface area contributed by atoms with Gasteiger partial charge < -0.3 is 5.11 Å². The van der Waals surface area contributed by atoms with Crippen LogP contribution in [0.5, 0.6) is 0 Å². The zero-order valence-corrected chi connectivity index (χ0v) is 16.3. The Balaban J connectivity index is 1.75. The van der Waals surface area contributed by atoms with Crippen LogP contribution in [0.25, 0.3) is 0 Å². The highest BCUT2D eigenvalue weighted by Gasteiger charge is 2.29. The third-order valence-electron chi connectivity index (χ3n) is 4.75. The van der Waals surface area contributed by atoms with Gasteiger partial charge in [-0.25, -0.2) is 5.06 Å². The molecule has 27 heavy (non-hydrogen) atoms. The molecule has 0 bridgehead atoms. The minimum absolute atomic E-state index is 0.0132. The van der Waals surface area contributed by atoms with Gasteiger partial charge in [-0.2, -0.15) is 0 Å². The van der Waals surface area contributed by atoms with Crippen molar-refractivity contribution in [3.05, 3.63) is 69.7 Å². The van der Waals surface area contributed by atoms with Crippen LogP contribution in [0.3, 0.4) is 0 Å². The number of hydrogen-bond acceptors (Lipinski definition) is 4. The maximum absolute atomic E-state index is 12.7.